The van der Waals surface area contributed by atoms with Crippen LogP contribution in [0.3, 0.4) is 0 Å². The molecule has 106 valence electrons. The second-order valence-electron chi connectivity index (χ2n) is 3.72. The minimum Gasteiger partial charge on any atom is -0.343 e. The number of alkyl halides is 3. The molecule has 1 aromatic rings. The highest BCUT2D eigenvalue weighted by Crippen LogP contribution is 2.22. The van der Waals surface area contributed by atoms with Crippen LogP contribution in [0.5, 0.6) is 0 Å². The Kier molecular flexibility index (Phi) is 4.46. The maximum absolute atomic E-state index is 11.9. The molecule has 9 heteroatoms. The highest BCUT2D eigenvalue weighted by Gasteiger charge is 2.28. The Bertz CT molecular complexity index is 599. The van der Waals surface area contributed by atoms with Crippen molar-refractivity contribution in [2.45, 2.75) is 11.1 Å². The standard InChI is InChI=1S/C10H9ClF3NO3S/c1-19(17,18)8-4-6(2-3-7(8)11)9(16)15-5-10(12,13)14/h2-4H,5H2,1H3,(H,15,16). The maximum atomic E-state index is 11.9. The van der Waals surface area contributed by atoms with E-state index in [1.807, 2.05) is 0 Å². The van der Waals surface area contributed by atoms with Crippen LogP contribution in [-0.2, 0) is 9.84 Å². The number of carbonyl (C=O) groups excluding carboxylic acids is 1. The second kappa shape index (κ2) is 5.38. The molecule has 0 spiro atoms. The summed E-state index contributed by atoms with van der Waals surface area (Å²) in [6.07, 6.45) is -3.66. The number of sulfone groups is 1. The molecule has 0 fully saturated rings. The lowest BCUT2D eigenvalue weighted by Crippen LogP contribution is -2.33. The molecule has 0 heterocycles. The molecular formula is C10H9ClF3NO3S. The molecule has 0 saturated heterocycles. The van der Waals surface area contributed by atoms with E-state index in [1.54, 1.807) is 5.32 Å². The molecule has 19 heavy (non-hydrogen) atoms. The van der Waals surface area contributed by atoms with E-state index in [9.17, 15) is 26.4 Å². The van der Waals surface area contributed by atoms with Crippen LogP contribution in [-0.4, -0.2) is 33.3 Å². The molecule has 1 N–H and O–H groups in total. The summed E-state index contributed by atoms with van der Waals surface area (Å²) < 4.78 is 58.5. The highest BCUT2D eigenvalue weighted by atomic mass is 35.5. The van der Waals surface area contributed by atoms with Crippen molar-refractivity contribution in [1.82, 2.24) is 5.32 Å². The van der Waals surface area contributed by atoms with Gasteiger partial charge in [-0.2, -0.15) is 13.2 Å². The number of benzene rings is 1. The van der Waals surface area contributed by atoms with Crippen molar-refractivity contribution in [3.8, 4) is 0 Å². The first-order valence-electron chi connectivity index (χ1n) is 4.85. The van der Waals surface area contributed by atoms with E-state index in [0.29, 0.717) is 0 Å². The van der Waals surface area contributed by atoms with Gasteiger partial charge in [0.25, 0.3) is 5.91 Å². The molecule has 0 aromatic heterocycles. The lowest BCUT2D eigenvalue weighted by atomic mass is 10.2. The Morgan fingerprint density at radius 1 is 1.37 bits per heavy atom. The Balaban J connectivity index is 3.00. The summed E-state index contributed by atoms with van der Waals surface area (Å²) in [5.41, 5.74) is -0.214. The molecule has 1 rings (SSSR count). The number of hydrogen-bond acceptors (Lipinski definition) is 3. The zero-order chi connectivity index (χ0) is 14.8. The predicted octanol–water partition coefficient (Wildman–Crippen LogP) is 2.04. The van der Waals surface area contributed by atoms with E-state index >= 15 is 0 Å². The summed E-state index contributed by atoms with van der Waals surface area (Å²) in [6.45, 7) is -1.50. The van der Waals surface area contributed by atoms with Crippen LogP contribution in [0.2, 0.25) is 5.02 Å². The second-order valence-corrected chi connectivity index (χ2v) is 6.11. The third-order valence-corrected chi connectivity index (χ3v) is 3.62. The summed E-state index contributed by atoms with van der Waals surface area (Å²) in [6, 6.07) is 3.21. The molecule has 0 unspecified atom stereocenters. The smallest absolute Gasteiger partial charge is 0.343 e. The number of carbonyl (C=O) groups is 1. The summed E-state index contributed by atoms with van der Waals surface area (Å²) in [7, 11) is -3.67. The van der Waals surface area contributed by atoms with Crippen molar-refractivity contribution in [1.29, 1.82) is 0 Å². The van der Waals surface area contributed by atoms with Gasteiger partial charge in [0.15, 0.2) is 9.84 Å². The average Bonchev–Trinajstić information content (AvgIpc) is 2.24. The van der Waals surface area contributed by atoms with E-state index in [1.165, 1.54) is 0 Å². The first kappa shape index (κ1) is 15.8. The fraction of sp³-hybridized carbons (Fsp3) is 0.300. The summed E-state index contributed by atoms with van der Waals surface area (Å²) in [5.74, 6) is -1.03. The van der Waals surface area contributed by atoms with E-state index in [-0.39, 0.29) is 15.5 Å². The number of rotatable bonds is 3. The van der Waals surface area contributed by atoms with Crippen LogP contribution in [0, 0.1) is 0 Å². The molecule has 0 aliphatic heterocycles. The van der Waals surface area contributed by atoms with Crippen LogP contribution in [0.25, 0.3) is 0 Å². The quantitative estimate of drug-likeness (QED) is 0.928. The van der Waals surface area contributed by atoms with Crippen molar-refractivity contribution in [2.24, 2.45) is 0 Å². The largest absolute Gasteiger partial charge is 0.405 e. The number of halogens is 4. The summed E-state index contributed by atoms with van der Waals surface area (Å²) in [5, 5.41) is 1.53. The van der Waals surface area contributed by atoms with Gasteiger partial charge in [0, 0.05) is 11.8 Å². The first-order chi connectivity index (χ1) is 8.50. The van der Waals surface area contributed by atoms with Gasteiger partial charge in [0.05, 0.1) is 9.92 Å². The van der Waals surface area contributed by atoms with Crippen LogP contribution < -0.4 is 5.32 Å². The molecular weight excluding hydrogens is 307 g/mol. The van der Waals surface area contributed by atoms with E-state index < -0.39 is 28.5 Å². The van der Waals surface area contributed by atoms with Crippen molar-refractivity contribution < 1.29 is 26.4 Å². The fourth-order valence-corrected chi connectivity index (χ4v) is 2.51. The van der Waals surface area contributed by atoms with Gasteiger partial charge in [-0.15, -0.1) is 0 Å². The number of amides is 1. The van der Waals surface area contributed by atoms with Gasteiger partial charge in [-0.25, -0.2) is 8.42 Å². The monoisotopic (exact) mass is 315 g/mol. The van der Waals surface area contributed by atoms with Crippen LogP contribution in [0.15, 0.2) is 23.1 Å². The van der Waals surface area contributed by atoms with Gasteiger partial charge < -0.3 is 5.32 Å². The number of hydrogen-bond donors (Lipinski definition) is 1. The third-order valence-electron chi connectivity index (χ3n) is 2.04. The first-order valence-corrected chi connectivity index (χ1v) is 7.12. The molecule has 0 aliphatic carbocycles. The molecule has 4 nitrogen and oxygen atoms in total. The van der Waals surface area contributed by atoms with Gasteiger partial charge in [-0.05, 0) is 18.2 Å². The predicted molar refractivity (Wildman–Crippen MR) is 63.0 cm³/mol. The van der Waals surface area contributed by atoms with Gasteiger partial charge in [-0.1, -0.05) is 11.6 Å². The van der Waals surface area contributed by atoms with Crippen molar-refractivity contribution in [3.05, 3.63) is 28.8 Å². The average molecular weight is 316 g/mol. The molecule has 1 aromatic carbocycles. The lowest BCUT2D eigenvalue weighted by Gasteiger charge is -2.09. The zero-order valence-corrected chi connectivity index (χ0v) is 11.2. The van der Waals surface area contributed by atoms with E-state index in [4.69, 9.17) is 11.6 Å². The molecule has 0 bridgehead atoms. The zero-order valence-electron chi connectivity index (χ0n) is 9.58. The maximum Gasteiger partial charge on any atom is 0.405 e. The normalized spacial score (nSPS) is 12.3. The number of nitrogens with one attached hydrogen (secondary N) is 1. The molecule has 0 atom stereocenters. The Labute approximate surface area is 112 Å². The summed E-state index contributed by atoms with van der Waals surface area (Å²) in [4.78, 5) is 11.1. The Morgan fingerprint density at radius 3 is 2.42 bits per heavy atom. The van der Waals surface area contributed by atoms with Gasteiger partial charge in [0.1, 0.15) is 6.54 Å². The van der Waals surface area contributed by atoms with Gasteiger partial charge in [0.2, 0.25) is 0 Å². The SMILES string of the molecule is CS(=O)(=O)c1cc(C(=O)NCC(F)(F)F)ccc1Cl. The molecule has 1 amide bonds. The third kappa shape index (κ3) is 4.71. The fourth-order valence-electron chi connectivity index (χ4n) is 1.21. The van der Waals surface area contributed by atoms with Crippen LogP contribution in [0.1, 0.15) is 10.4 Å². The van der Waals surface area contributed by atoms with Crippen molar-refractivity contribution in [3.63, 3.8) is 0 Å². The van der Waals surface area contributed by atoms with Gasteiger partial charge >= 0.3 is 6.18 Å². The summed E-state index contributed by atoms with van der Waals surface area (Å²) >= 11 is 5.64. The van der Waals surface area contributed by atoms with Crippen LogP contribution in [0.4, 0.5) is 13.2 Å². The van der Waals surface area contributed by atoms with E-state index in [0.717, 1.165) is 24.5 Å². The van der Waals surface area contributed by atoms with Gasteiger partial charge in [-0.3, -0.25) is 4.79 Å². The van der Waals surface area contributed by atoms with Crippen molar-refractivity contribution in [2.75, 3.05) is 12.8 Å². The van der Waals surface area contributed by atoms with E-state index in [2.05, 4.69) is 0 Å². The highest BCUT2D eigenvalue weighted by molar-refractivity contribution is 7.90. The van der Waals surface area contributed by atoms with Crippen molar-refractivity contribution >= 4 is 27.3 Å². The Morgan fingerprint density at radius 2 is 1.95 bits per heavy atom. The van der Waals surface area contributed by atoms with Crippen LogP contribution >= 0.6 is 11.6 Å². The lowest BCUT2D eigenvalue weighted by molar-refractivity contribution is -0.123. The minimum atomic E-state index is -4.54. The topological polar surface area (TPSA) is 63.2 Å². The Hall–Kier alpha value is -1.28. The minimum absolute atomic E-state index is 0.102. The molecule has 0 aliphatic rings. The molecule has 0 radical (unpaired) electrons. The molecule has 0 saturated carbocycles.